The molecule has 2 aliphatic rings. The molecule has 164 valence electrons. The molecule has 1 saturated carbocycles. The van der Waals surface area contributed by atoms with E-state index in [-0.39, 0.29) is 16.6 Å². The summed E-state index contributed by atoms with van der Waals surface area (Å²) in [5.74, 6) is 1.18. The van der Waals surface area contributed by atoms with Crippen molar-refractivity contribution >= 4 is 10.0 Å². The highest BCUT2D eigenvalue weighted by Crippen LogP contribution is 2.31. The number of nitrogens with zero attached hydrogens (tertiary/aromatic N) is 4. The molecule has 30 heavy (non-hydrogen) atoms. The van der Waals surface area contributed by atoms with Gasteiger partial charge in [-0.25, -0.2) is 17.9 Å². The third-order valence-corrected chi connectivity index (χ3v) is 7.81. The maximum atomic E-state index is 12.9. The van der Waals surface area contributed by atoms with E-state index in [0.717, 1.165) is 37.1 Å². The summed E-state index contributed by atoms with van der Waals surface area (Å²) in [5.41, 5.74) is -1.06. The molecule has 1 unspecified atom stereocenters. The van der Waals surface area contributed by atoms with Crippen molar-refractivity contribution in [3.63, 3.8) is 0 Å². The van der Waals surface area contributed by atoms with Crippen molar-refractivity contribution in [2.24, 2.45) is 5.92 Å². The lowest BCUT2D eigenvalue weighted by Gasteiger charge is -2.26. The van der Waals surface area contributed by atoms with E-state index >= 15 is 0 Å². The monoisotopic (exact) mass is 444 g/mol. The first-order chi connectivity index (χ1) is 14.1. The number of aryl methyl sites for hydroxylation is 1. The van der Waals surface area contributed by atoms with Gasteiger partial charge >= 0.3 is 11.9 Å². The second kappa shape index (κ2) is 7.52. The zero-order chi connectivity index (χ0) is 21.7. The van der Waals surface area contributed by atoms with E-state index in [1.54, 1.807) is 4.57 Å². The molecule has 4 rings (SSSR count). The van der Waals surface area contributed by atoms with Crippen LogP contribution in [-0.4, -0.2) is 40.2 Å². The van der Waals surface area contributed by atoms with E-state index < -0.39 is 21.8 Å². The van der Waals surface area contributed by atoms with Crippen LogP contribution in [0.4, 0.5) is 13.2 Å². The van der Waals surface area contributed by atoms with Crippen molar-refractivity contribution in [3.05, 3.63) is 46.1 Å². The highest BCUT2D eigenvalue weighted by molar-refractivity contribution is 7.89. The number of rotatable bonds is 5. The fourth-order valence-electron chi connectivity index (χ4n) is 3.82. The van der Waals surface area contributed by atoms with Crippen molar-refractivity contribution in [2.45, 2.75) is 62.3 Å². The maximum Gasteiger partial charge on any atom is 0.416 e. The number of benzene rings is 1. The highest BCUT2D eigenvalue weighted by atomic mass is 32.2. The third-order valence-electron chi connectivity index (χ3n) is 5.89. The van der Waals surface area contributed by atoms with Crippen LogP contribution < -0.4 is 5.69 Å². The number of aromatic nitrogens is 3. The van der Waals surface area contributed by atoms with Gasteiger partial charge < -0.3 is 0 Å². The van der Waals surface area contributed by atoms with Gasteiger partial charge in [0, 0.05) is 32.6 Å². The zero-order valence-corrected chi connectivity index (χ0v) is 17.3. The van der Waals surface area contributed by atoms with Crippen LogP contribution >= 0.6 is 0 Å². The van der Waals surface area contributed by atoms with Crippen molar-refractivity contribution in [1.82, 2.24) is 18.7 Å². The summed E-state index contributed by atoms with van der Waals surface area (Å²) in [4.78, 5) is 12.4. The molecule has 0 spiro atoms. The van der Waals surface area contributed by atoms with Crippen LogP contribution in [0.2, 0.25) is 0 Å². The minimum atomic E-state index is -4.53. The maximum absolute atomic E-state index is 12.9. The number of hydrogen-bond acceptors (Lipinski definition) is 4. The van der Waals surface area contributed by atoms with E-state index in [2.05, 4.69) is 5.10 Å². The predicted molar refractivity (Wildman–Crippen MR) is 102 cm³/mol. The Hall–Kier alpha value is -2.14. The second-order valence-electron chi connectivity index (χ2n) is 8.00. The van der Waals surface area contributed by atoms with Crippen LogP contribution in [0.15, 0.2) is 34.0 Å². The molecular weight excluding hydrogens is 421 g/mol. The van der Waals surface area contributed by atoms with E-state index in [4.69, 9.17) is 0 Å². The fourth-order valence-corrected chi connectivity index (χ4v) is 5.24. The van der Waals surface area contributed by atoms with E-state index in [0.29, 0.717) is 44.1 Å². The van der Waals surface area contributed by atoms with Crippen LogP contribution in [0, 0.1) is 5.92 Å². The van der Waals surface area contributed by atoms with Gasteiger partial charge in [-0.15, -0.1) is 0 Å². The first kappa shape index (κ1) is 21.1. The molecule has 1 atom stereocenters. The summed E-state index contributed by atoms with van der Waals surface area (Å²) in [7, 11) is -2.53. The van der Waals surface area contributed by atoms with Crippen LogP contribution in [0.25, 0.3) is 0 Å². The number of fused-ring (bicyclic) bond motifs is 1. The summed E-state index contributed by atoms with van der Waals surface area (Å²) in [6.45, 7) is 0.987. The van der Waals surface area contributed by atoms with Crippen molar-refractivity contribution in [1.29, 1.82) is 0 Å². The smallest absolute Gasteiger partial charge is 0.279 e. The normalized spacial score (nSPS) is 20.2. The molecule has 0 radical (unpaired) electrons. The Kier molecular flexibility index (Phi) is 5.29. The van der Waals surface area contributed by atoms with Gasteiger partial charge in [-0.2, -0.15) is 22.6 Å². The average Bonchev–Trinajstić information content (AvgIpc) is 3.49. The summed E-state index contributed by atoms with van der Waals surface area (Å²) in [5, 5.41) is 4.43. The van der Waals surface area contributed by atoms with Gasteiger partial charge in [0.25, 0.3) is 0 Å². The van der Waals surface area contributed by atoms with Gasteiger partial charge in [-0.1, -0.05) is 0 Å². The standard InChI is InChI=1S/C19H23F3N4O3S/c1-24(30(28,29)16-7-4-14(5-8-16)19(20,21)22)15-6-9-17-23-26(12-13-2-3-13)18(27)25(17)11-10-15/h4-5,7-8,13,15H,2-3,6,9-12H2,1H3. The van der Waals surface area contributed by atoms with Crippen LogP contribution in [0.3, 0.4) is 0 Å². The molecule has 0 amide bonds. The van der Waals surface area contributed by atoms with Crippen LogP contribution in [-0.2, 0) is 35.7 Å². The van der Waals surface area contributed by atoms with Crippen LogP contribution in [0.5, 0.6) is 0 Å². The minimum Gasteiger partial charge on any atom is -0.279 e. The first-order valence-corrected chi connectivity index (χ1v) is 11.3. The number of sulfonamides is 1. The van der Waals surface area contributed by atoms with Gasteiger partial charge in [0.05, 0.1) is 10.5 Å². The number of hydrogen-bond donors (Lipinski definition) is 0. The lowest BCUT2D eigenvalue weighted by molar-refractivity contribution is -0.137. The molecule has 1 aromatic carbocycles. The summed E-state index contributed by atoms with van der Waals surface area (Å²) < 4.78 is 68.4. The van der Waals surface area contributed by atoms with Crippen molar-refractivity contribution < 1.29 is 21.6 Å². The molecular formula is C19H23F3N4O3S. The third kappa shape index (κ3) is 4.04. The molecule has 1 aliphatic heterocycles. The van der Waals surface area contributed by atoms with E-state index in [1.165, 1.54) is 16.0 Å². The quantitative estimate of drug-likeness (QED) is 0.710. The summed E-state index contributed by atoms with van der Waals surface area (Å²) in [6, 6.07) is 3.12. The summed E-state index contributed by atoms with van der Waals surface area (Å²) >= 11 is 0. The number of alkyl halides is 3. The van der Waals surface area contributed by atoms with Gasteiger partial charge in [-0.05, 0) is 55.9 Å². The lowest BCUT2D eigenvalue weighted by Crippen LogP contribution is -2.38. The van der Waals surface area contributed by atoms with Gasteiger partial charge in [-0.3, -0.25) is 4.57 Å². The van der Waals surface area contributed by atoms with Crippen molar-refractivity contribution in [3.8, 4) is 0 Å². The Bertz CT molecular complexity index is 1090. The molecule has 1 aromatic heterocycles. The second-order valence-corrected chi connectivity index (χ2v) is 10.00. The highest BCUT2D eigenvalue weighted by Gasteiger charge is 2.33. The largest absolute Gasteiger partial charge is 0.416 e. The number of halogens is 3. The fraction of sp³-hybridized carbons (Fsp3) is 0.579. The molecule has 0 N–H and O–H groups in total. The minimum absolute atomic E-state index is 0.161. The molecule has 11 heteroatoms. The Balaban J connectivity index is 1.49. The van der Waals surface area contributed by atoms with Crippen molar-refractivity contribution in [2.75, 3.05) is 7.05 Å². The van der Waals surface area contributed by atoms with Gasteiger partial charge in [0.2, 0.25) is 10.0 Å². The van der Waals surface area contributed by atoms with E-state index in [9.17, 15) is 26.4 Å². The molecule has 7 nitrogen and oxygen atoms in total. The Morgan fingerprint density at radius 1 is 1.13 bits per heavy atom. The SMILES string of the molecule is CN(C1CCc2nn(CC3CC3)c(=O)n2CC1)S(=O)(=O)c1ccc(C(F)(F)F)cc1. The molecule has 0 bridgehead atoms. The molecule has 0 saturated heterocycles. The summed E-state index contributed by atoms with van der Waals surface area (Å²) in [6.07, 6.45) is -0.923. The Labute approximate surface area is 172 Å². The topological polar surface area (TPSA) is 77.2 Å². The molecule has 1 fully saturated rings. The molecule has 1 aliphatic carbocycles. The predicted octanol–water partition coefficient (Wildman–Crippen LogP) is 2.50. The van der Waals surface area contributed by atoms with Gasteiger partial charge in [0.15, 0.2) is 0 Å². The van der Waals surface area contributed by atoms with E-state index in [1.807, 2.05) is 0 Å². The lowest BCUT2D eigenvalue weighted by atomic mass is 10.1. The van der Waals surface area contributed by atoms with Crippen LogP contribution in [0.1, 0.15) is 37.1 Å². The molecule has 2 aromatic rings. The van der Waals surface area contributed by atoms with Gasteiger partial charge in [0.1, 0.15) is 5.82 Å². The average molecular weight is 444 g/mol. The zero-order valence-electron chi connectivity index (χ0n) is 16.5. The first-order valence-electron chi connectivity index (χ1n) is 9.89. The Morgan fingerprint density at radius 3 is 2.40 bits per heavy atom. The molecule has 2 heterocycles. The Morgan fingerprint density at radius 2 is 1.80 bits per heavy atom.